The van der Waals surface area contributed by atoms with E-state index >= 15 is 0 Å². The fraction of sp³-hybridized carbons (Fsp3) is 0. The molecule has 0 aliphatic heterocycles. The lowest BCUT2D eigenvalue weighted by atomic mass is 9.83. The van der Waals surface area contributed by atoms with Crippen molar-refractivity contribution in [2.45, 2.75) is 0 Å². The number of rotatable bonds is 3. The maximum Gasteiger partial charge on any atom is 0.136 e. The maximum absolute atomic E-state index is 6.69. The van der Waals surface area contributed by atoms with Crippen LogP contribution in [0.15, 0.2) is 203 Å². The number of fused-ring (bicyclic) bond motifs is 12. The highest BCUT2D eigenvalue weighted by Gasteiger charge is 2.21. The van der Waals surface area contributed by atoms with Gasteiger partial charge in [0, 0.05) is 21.5 Å². The maximum atomic E-state index is 6.69. The second-order valence-corrected chi connectivity index (χ2v) is 15.5. The van der Waals surface area contributed by atoms with Gasteiger partial charge in [0.05, 0.1) is 0 Å². The molecule has 268 valence electrons. The first kappa shape index (κ1) is 31.5. The van der Waals surface area contributed by atoms with Crippen molar-refractivity contribution < 1.29 is 8.83 Å². The van der Waals surface area contributed by atoms with Gasteiger partial charge in [0.2, 0.25) is 0 Å². The largest absolute Gasteiger partial charge is 0.456 e. The van der Waals surface area contributed by atoms with Crippen LogP contribution >= 0.6 is 0 Å². The first-order chi connectivity index (χ1) is 28.8. The van der Waals surface area contributed by atoms with Crippen molar-refractivity contribution in [1.82, 2.24) is 0 Å². The SMILES string of the molecule is c1ccc2c(-c3c4ccccc4c(-c4ccc(-c5ccc6c(c5)oc5cc7c(cc56)oc5ccc6ccccc6c57)c5ccccc45)c4ccccc34)cccc2c1. The van der Waals surface area contributed by atoms with E-state index in [9.17, 15) is 0 Å². The van der Waals surface area contributed by atoms with Gasteiger partial charge in [-0.2, -0.15) is 0 Å². The van der Waals surface area contributed by atoms with Gasteiger partial charge in [-0.25, -0.2) is 0 Å². The summed E-state index contributed by atoms with van der Waals surface area (Å²) in [6.45, 7) is 0. The third kappa shape index (κ3) is 4.43. The summed E-state index contributed by atoms with van der Waals surface area (Å²) >= 11 is 0. The average molecular weight is 737 g/mol. The van der Waals surface area contributed by atoms with Crippen LogP contribution in [0.25, 0.3) is 131 Å². The van der Waals surface area contributed by atoms with Crippen LogP contribution in [-0.4, -0.2) is 0 Å². The minimum Gasteiger partial charge on any atom is -0.456 e. The highest BCUT2D eigenvalue weighted by Crippen LogP contribution is 2.48. The van der Waals surface area contributed by atoms with Gasteiger partial charge in [-0.3, -0.25) is 0 Å². The zero-order valence-corrected chi connectivity index (χ0v) is 31.3. The fourth-order valence-corrected chi connectivity index (χ4v) is 9.90. The Bertz CT molecular complexity index is 3800. The molecule has 11 aromatic carbocycles. The zero-order valence-electron chi connectivity index (χ0n) is 31.3. The molecule has 0 atom stereocenters. The molecule has 2 aromatic heterocycles. The van der Waals surface area contributed by atoms with Gasteiger partial charge in [-0.1, -0.05) is 164 Å². The van der Waals surface area contributed by atoms with Crippen LogP contribution in [0.3, 0.4) is 0 Å². The Kier molecular flexibility index (Phi) is 6.47. The molecule has 2 nitrogen and oxygen atoms in total. The molecule has 0 radical (unpaired) electrons. The molecule has 2 heterocycles. The third-order valence-electron chi connectivity index (χ3n) is 12.4. The Morgan fingerprint density at radius 3 is 1.43 bits per heavy atom. The van der Waals surface area contributed by atoms with Crippen LogP contribution < -0.4 is 0 Å². The summed E-state index contributed by atoms with van der Waals surface area (Å²) in [5, 5.41) is 16.7. The third-order valence-corrected chi connectivity index (χ3v) is 12.4. The number of benzene rings is 11. The lowest BCUT2D eigenvalue weighted by Gasteiger charge is -2.20. The minimum atomic E-state index is 0.862. The highest BCUT2D eigenvalue weighted by atomic mass is 16.3. The summed E-state index contributed by atoms with van der Waals surface area (Å²) in [6.07, 6.45) is 0. The van der Waals surface area contributed by atoms with E-state index in [1.54, 1.807) is 0 Å². The van der Waals surface area contributed by atoms with E-state index in [0.29, 0.717) is 0 Å². The molecule has 0 spiro atoms. The second kappa shape index (κ2) is 11.9. The summed E-state index contributed by atoms with van der Waals surface area (Å²) in [5.41, 5.74) is 10.8. The molecule has 0 aliphatic carbocycles. The molecular formula is C56H32O2. The number of furan rings is 2. The smallest absolute Gasteiger partial charge is 0.136 e. The van der Waals surface area contributed by atoms with Gasteiger partial charge in [0.25, 0.3) is 0 Å². The Balaban J connectivity index is 1.01. The summed E-state index contributed by atoms with van der Waals surface area (Å²) in [4.78, 5) is 0. The van der Waals surface area contributed by atoms with Crippen molar-refractivity contribution in [2.24, 2.45) is 0 Å². The Labute approximate surface area is 332 Å². The molecule has 0 amide bonds. The van der Waals surface area contributed by atoms with Gasteiger partial charge < -0.3 is 8.83 Å². The monoisotopic (exact) mass is 736 g/mol. The van der Waals surface area contributed by atoms with Gasteiger partial charge in [0.15, 0.2) is 0 Å². The van der Waals surface area contributed by atoms with Crippen LogP contribution in [0.4, 0.5) is 0 Å². The summed E-state index contributed by atoms with van der Waals surface area (Å²) in [5.74, 6) is 0. The van der Waals surface area contributed by atoms with Gasteiger partial charge in [-0.15, -0.1) is 0 Å². The molecule has 58 heavy (non-hydrogen) atoms. The minimum absolute atomic E-state index is 0.862. The summed E-state index contributed by atoms with van der Waals surface area (Å²) in [7, 11) is 0. The van der Waals surface area contributed by atoms with E-state index in [4.69, 9.17) is 8.83 Å². The number of hydrogen-bond donors (Lipinski definition) is 0. The molecular weight excluding hydrogens is 705 g/mol. The summed E-state index contributed by atoms with van der Waals surface area (Å²) < 4.78 is 13.1. The van der Waals surface area contributed by atoms with Crippen LogP contribution in [0, 0.1) is 0 Å². The molecule has 13 rings (SSSR count). The lowest BCUT2D eigenvalue weighted by molar-refractivity contribution is 0.664. The Morgan fingerprint density at radius 2 is 0.724 bits per heavy atom. The molecule has 0 unspecified atom stereocenters. The van der Waals surface area contributed by atoms with Crippen molar-refractivity contribution >= 4 is 97.7 Å². The van der Waals surface area contributed by atoms with E-state index in [0.717, 1.165) is 49.4 Å². The number of hydrogen-bond acceptors (Lipinski definition) is 2. The van der Waals surface area contributed by atoms with Gasteiger partial charge >= 0.3 is 0 Å². The van der Waals surface area contributed by atoms with Crippen LogP contribution in [0.1, 0.15) is 0 Å². The molecule has 0 fully saturated rings. The predicted octanol–water partition coefficient (Wildman–Crippen LogP) is 16.3. The highest BCUT2D eigenvalue weighted by molar-refractivity contribution is 6.26. The van der Waals surface area contributed by atoms with Gasteiger partial charge in [-0.05, 0) is 118 Å². The quantitative estimate of drug-likeness (QED) is 0.169. The van der Waals surface area contributed by atoms with E-state index < -0.39 is 0 Å². The molecule has 0 bridgehead atoms. The van der Waals surface area contributed by atoms with Gasteiger partial charge in [0.1, 0.15) is 22.3 Å². The molecule has 0 aliphatic rings. The van der Waals surface area contributed by atoms with E-state index in [-0.39, 0.29) is 0 Å². The molecule has 13 aromatic rings. The fourth-order valence-electron chi connectivity index (χ4n) is 9.90. The van der Waals surface area contributed by atoms with Crippen LogP contribution in [0.2, 0.25) is 0 Å². The topological polar surface area (TPSA) is 26.3 Å². The van der Waals surface area contributed by atoms with Crippen molar-refractivity contribution in [3.63, 3.8) is 0 Å². The van der Waals surface area contributed by atoms with Crippen molar-refractivity contribution in [2.75, 3.05) is 0 Å². The Morgan fingerprint density at radius 1 is 0.241 bits per heavy atom. The van der Waals surface area contributed by atoms with Crippen molar-refractivity contribution in [1.29, 1.82) is 0 Å². The average Bonchev–Trinajstić information content (AvgIpc) is 3.84. The van der Waals surface area contributed by atoms with Crippen molar-refractivity contribution in [3.05, 3.63) is 194 Å². The molecule has 0 saturated carbocycles. The first-order valence-corrected chi connectivity index (χ1v) is 19.9. The lowest BCUT2D eigenvalue weighted by Crippen LogP contribution is -1.93. The molecule has 0 saturated heterocycles. The summed E-state index contributed by atoms with van der Waals surface area (Å²) in [6, 6.07) is 70.4. The van der Waals surface area contributed by atoms with E-state index in [1.165, 1.54) is 81.7 Å². The van der Waals surface area contributed by atoms with Crippen molar-refractivity contribution in [3.8, 4) is 33.4 Å². The van der Waals surface area contributed by atoms with Crippen LogP contribution in [-0.2, 0) is 0 Å². The van der Waals surface area contributed by atoms with E-state index in [1.807, 2.05) is 0 Å². The zero-order chi connectivity index (χ0) is 37.9. The molecule has 2 heteroatoms. The predicted molar refractivity (Wildman–Crippen MR) is 245 cm³/mol. The van der Waals surface area contributed by atoms with Crippen LogP contribution in [0.5, 0.6) is 0 Å². The molecule has 0 N–H and O–H groups in total. The second-order valence-electron chi connectivity index (χ2n) is 15.5. The Hall–Kier alpha value is -7.68. The standard InChI is InChI=1S/C56H32O2/c1-3-15-36-33(12-1)14-11-23-42(36)54-43-19-7-9-21-45(43)55(46-22-10-8-20-44(46)54)47-28-27-37(39-17-5-6-18-40(39)47)35-24-26-41-48-31-53-49(32-52(48)58-51(41)30-35)56-38-16-4-2-13-34(38)25-29-50(56)57-53/h1-32H. The van der Waals surface area contributed by atoms with E-state index in [2.05, 4.69) is 194 Å². The normalized spacial score (nSPS) is 12.1. The first-order valence-electron chi connectivity index (χ1n) is 19.9.